The number of furan rings is 1. The van der Waals surface area contributed by atoms with Crippen LogP contribution in [0.2, 0.25) is 0 Å². The van der Waals surface area contributed by atoms with Crippen LogP contribution in [0.4, 0.5) is 0 Å². The molecule has 2 rings (SSSR count). The van der Waals surface area contributed by atoms with Gasteiger partial charge in [-0.15, -0.1) is 0 Å². The van der Waals surface area contributed by atoms with Gasteiger partial charge in [-0.2, -0.15) is 0 Å². The first-order valence-electron chi connectivity index (χ1n) is 5.87. The van der Waals surface area contributed by atoms with Crippen LogP contribution >= 0.6 is 15.9 Å². The maximum atomic E-state index is 11.8. The van der Waals surface area contributed by atoms with Crippen LogP contribution in [0.25, 0.3) is 0 Å². The van der Waals surface area contributed by atoms with Crippen molar-refractivity contribution in [3.05, 3.63) is 22.6 Å². The third-order valence-corrected chi connectivity index (χ3v) is 3.87. The lowest BCUT2D eigenvalue weighted by molar-refractivity contribution is 0.0662. The minimum atomic E-state index is -0.281. The summed E-state index contributed by atoms with van der Waals surface area (Å²) in [4.78, 5) is 11.8. The van der Waals surface area contributed by atoms with E-state index in [0.717, 1.165) is 25.7 Å². The van der Waals surface area contributed by atoms with Gasteiger partial charge in [0, 0.05) is 12.5 Å². The molecular weight excluding hydrogens is 286 g/mol. The Balaban J connectivity index is 1.86. The van der Waals surface area contributed by atoms with Gasteiger partial charge in [0.15, 0.2) is 4.67 Å². The van der Waals surface area contributed by atoms with E-state index in [-0.39, 0.29) is 17.9 Å². The average molecular weight is 302 g/mol. The highest BCUT2D eigenvalue weighted by atomic mass is 79.9. The Morgan fingerprint density at radius 3 is 2.94 bits per heavy atom. The van der Waals surface area contributed by atoms with Crippen molar-refractivity contribution in [2.45, 2.75) is 31.8 Å². The van der Waals surface area contributed by atoms with Crippen LogP contribution < -0.4 is 5.32 Å². The molecule has 0 saturated heterocycles. The molecule has 0 spiro atoms. The summed E-state index contributed by atoms with van der Waals surface area (Å²) in [5.74, 6) is 0.0155. The smallest absolute Gasteiger partial charge is 0.255 e. The topological polar surface area (TPSA) is 62.5 Å². The second-order valence-corrected chi connectivity index (χ2v) is 5.15. The lowest BCUT2D eigenvalue weighted by Gasteiger charge is -2.27. The number of halogens is 1. The number of nitrogens with one attached hydrogen (secondary N) is 1. The van der Waals surface area contributed by atoms with Crippen molar-refractivity contribution in [1.29, 1.82) is 0 Å². The average Bonchev–Trinajstić information content (AvgIpc) is 2.74. The van der Waals surface area contributed by atoms with Crippen molar-refractivity contribution < 1.29 is 14.3 Å². The second-order valence-electron chi connectivity index (χ2n) is 4.43. The summed E-state index contributed by atoms with van der Waals surface area (Å²) >= 11 is 3.17. The molecule has 0 aliphatic heterocycles. The first kappa shape index (κ1) is 12.6. The zero-order chi connectivity index (χ0) is 12.3. The zero-order valence-electron chi connectivity index (χ0n) is 9.49. The minimum Gasteiger partial charge on any atom is -0.457 e. The zero-order valence-corrected chi connectivity index (χ0v) is 11.1. The van der Waals surface area contributed by atoms with Gasteiger partial charge in [-0.25, -0.2) is 0 Å². The quantitative estimate of drug-likeness (QED) is 0.900. The molecule has 0 radical (unpaired) electrons. The molecule has 94 valence electrons. The Bertz CT molecular complexity index is 391. The summed E-state index contributed by atoms with van der Waals surface area (Å²) in [6.07, 6.45) is 5.22. The molecule has 2 atom stereocenters. The molecule has 0 aromatic carbocycles. The van der Waals surface area contributed by atoms with Crippen LogP contribution in [0.5, 0.6) is 0 Å². The Hall–Kier alpha value is -0.810. The summed E-state index contributed by atoms with van der Waals surface area (Å²) in [6.45, 7) is 0.525. The van der Waals surface area contributed by atoms with Gasteiger partial charge in [-0.3, -0.25) is 4.79 Å². The van der Waals surface area contributed by atoms with Gasteiger partial charge in [0.2, 0.25) is 0 Å². The summed E-state index contributed by atoms with van der Waals surface area (Å²) < 4.78 is 5.45. The van der Waals surface area contributed by atoms with Crippen molar-refractivity contribution in [1.82, 2.24) is 5.32 Å². The molecule has 5 heteroatoms. The van der Waals surface area contributed by atoms with Crippen LogP contribution in [0.3, 0.4) is 0 Å². The van der Waals surface area contributed by atoms with E-state index in [1.165, 1.54) is 6.26 Å². The fraction of sp³-hybridized carbons (Fsp3) is 0.583. The molecule has 1 aliphatic carbocycles. The predicted molar refractivity (Wildman–Crippen MR) is 66.7 cm³/mol. The molecule has 0 bridgehead atoms. The molecule has 1 saturated carbocycles. The maximum Gasteiger partial charge on any atom is 0.255 e. The molecule has 1 aliphatic rings. The first-order valence-corrected chi connectivity index (χ1v) is 6.67. The fourth-order valence-corrected chi connectivity index (χ4v) is 2.62. The van der Waals surface area contributed by atoms with E-state index in [1.807, 2.05) is 0 Å². The number of carbonyl (C=O) groups excluding carboxylic acids is 1. The number of carbonyl (C=O) groups is 1. The van der Waals surface area contributed by atoms with Crippen molar-refractivity contribution in [2.75, 3.05) is 6.54 Å². The summed E-state index contributed by atoms with van der Waals surface area (Å²) in [7, 11) is 0. The van der Waals surface area contributed by atoms with Crippen molar-refractivity contribution in [3.63, 3.8) is 0 Å². The number of aliphatic hydroxyl groups excluding tert-OH is 1. The lowest BCUT2D eigenvalue weighted by atomic mass is 9.86. The first-order chi connectivity index (χ1) is 8.18. The Morgan fingerprint density at radius 2 is 2.29 bits per heavy atom. The highest BCUT2D eigenvalue weighted by molar-refractivity contribution is 9.10. The van der Waals surface area contributed by atoms with Crippen molar-refractivity contribution >= 4 is 21.8 Å². The normalized spacial score (nSPS) is 24.6. The van der Waals surface area contributed by atoms with Crippen LogP contribution in [0.15, 0.2) is 21.4 Å². The van der Waals surface area contributed by atoms with E-state index in [4.69, 9.17) is 4.42 Å². The van der Waals surface area contributed by atoms with E-state index < -0.39 is 0 Å². The molecule has 4 nitrogen and oxygen atoms in total. The SMILES string of the molecule is O=C(NCC1CCCCC1O)c1ccoc1Br. The number of aliphatic hydroxyl groups is 1. The molecule has 1 aromatic rings. The molecule has 1 amide bonds. The largest absolute Gasteiger partial charge is 0.457 e. The van der Waals surface area contributed by atoms with E-state index in [9.17, 15) is 9.90 Å². The molecular formula is C12H16BrNO3. The van der Waals surface area contributed by atoms with Gasteiger partial charge in [0.05, 0.1) is 17.9 Å². The summed E-state index contributed by atoms with van der Waals surface area (Å²) in [5, 5.41) is 12.6. The van der Waals surface area contributed by atoms with Gasteiger partial charge in [-0.1, -0.05) is 12.8 Å². The summed E-state index contributed by atoms with van der Waals surface area (Å²) in [6, 6.07) is 1.62. The highest BCUT2D eigenvalue weighted by Gasteiger charge is 2.23. The molecule has 17 heavy (non-hydrogen) atoms. The predicted octanol–water partition coefficient (Wildman–Crippen LogP) is 2.32. The van der Waals surface area contributed by atoms with Crippen molar-refractivity contribution in [3.8, 4) is 0 Å². The van der Waals surface area contributed by atoms with Crippen LogP contribution in [-0.2, 0) is 0 Å². The Morgan fingerprint density at radius 1 is 1.53 bits per heavy atom. The van der Waals surface area contributed by atoms with Crippen LogP contribution in [0, 0.1) is 5.92 Å². The highest BCUT2D eigenvalue weighted by Crippen LogP contribution is 2.24. The van der Waals surface area contributed by atoms with E-state index in [0.29, 0.717) is 16.8 Å². The molecule has 1 heterocycles. The van der Waals surface area contributed by atoms with E-state index in [2.05, 4.69) is 21.2 Å². The monoisotopic (exact) mass is 301 g/mol. The maximum absolute atomic E-state index is 11.8. The molecule has 1 fully saturated rings. The number of hydrogen-bond donors (Lipinski definition) is 2. The summed E-state index contributed by atoms with van der Waals surface area (Å²) in [5.41, 5.74) is 0.496. The number of hydrogen-bond acceptors (Lipinski definition) is 3. The fourth-order valence-electron chi connectivity index (χ4n) is 2.20. The minimum absolute atomic E-state index is 0.164. The van der Waals surface area contributed by atoms with Gasteiger partial charge < -0.3 is 14.8 Å². The lowest BCUT2D eigenvalue weighted by Crippen LogP contribution is -2.36. The van der Waals surface area contributed by atoms with Crippen LogP contribution in [0.1, 0.15) is 36.0 Å². The van der Waals surface area contributed by atoms with Gasteiger partial charge >= 0.3 is 0 Å². The van der Waals surface area contributed by atoms with E-state index >= 15 is 0 Å². The number of amides is 1. The molecule has 1 aromatic heterocycles. The van der Waals surface area contributed by atoms with E-state index in [1.54, 1.807) is 6.07 Å². The molecule has 2 N–H and O–H groups in total. The number of rotatable bonds is 3. The Kier molecular flexibility index (Phi) is 4.23. The van der Waals surface area contributed by atoms with Gasteiger partial charge in [0.25, 0.3) is 5.91 Å². The van der Waals surface area contributed by atoms with Crippen LogP contribution in [-0.4, -0.2) is 23.7 Å². The van der Waals surface area contributed by atoms with Gasteiger partial charge in [0.1, 0.15) is 0 Å². The van der Waals surface area contributed by atoms with Crippen molar-refractivity contribution in [2.24, 2.45) is 5.92 Å². The third kappa shape index (κ3) is 3.10. The second kappa shape index (κ2) is 5.69. The Labute approximate surface area is 109 Å². The molecule has 2 unspecified atom stereocenters. The third-order valence-electron chi connectivity index (χ3n) is 3.26. The van der Waals surface area contributed by atoms with Gasteiger partial charge in [-0.05, 0) is 34.8 Å². The standard InChI is InChI=1S/C12H16BrNO3/c13-11-9(5-6-17-11)12(16)14-7-8-3-1-2-4-10(8)15/h5-6,8,10,15H,1-4,7H2,(H,14,16).